The predicted molar refractivity (Wildman–Crippen MR) is 100 cm³/mol. The maximum atomic E-state index is 13.4. The average Bonchev–Trinajstić information content (AvgIpc) is 3.00. The summed E-state index contributed by atoms with van der Waals surface area (Å²) in [6, 6.07) is 4.21. The summed E-state index contributed by atoms with van der Waals surface area (Å²) in [7, 11) is 0. The summed E-state index contributed by atoms with van der Waals surface area (Å²) in [5.74, 6) is -0.804. The van der Waals surface area contributed by atoms with Crippen LogP contribution in [0.3, 0.4) is 0 Å². The number of halogens is 1. The van der Waals surface area contributed by atoms with Gasteiger partial charge in [-0.15, -0.1) is 11.3 Å². The van der Waals surface area contributed by atoms with Gasteiger partial charge in [-0.25, -0.2) is 9.37 Å². The van der Waals surface area contributed by atoms with Crippen molar-refractivity contribution in [2.45, 2.75) is 39.2 Å². The highest BCUT2D eigenvalue weighted by atomic mass is 32.1. The van der Waals surface area contributed by atoms with Gasteiger partial charge < -0.3 is 5.32 Å². The fourth-order valence-corrected chi connectivity index (χ4v) is 4.59. The molecule has 4 rings (SSSR count). The largest absolute Gasteiger partial charge is 0.324 e. The highest BCUT2D eigenvalue weighted by molar-refractivity contribution is 7.18. The van der Waals surface area contributed by atoms with E-state index in [1.807, 2.05) is 0 Å². The van der Waals surface area contributed by atoms with Gasteiger partial charge in [0.05, 0.1) is 11.7 Å². The summed E-state index contributed by atoms with van der Waals surface area (Å²) in [5.41, 5.74) is 2.09. The molecule has 0 saturated carbocycles. The molecule has 1 N–H and O–H groups in total. The number of anilines is 1. The van der Waals surface area contributed by atoms with Crippen molar-refractivity contribution in [3.63, 3.8) is 0 Å². The van der Waals surface area contributed by atoms with Crippen molar-refractivity contribution in [1.82, 2.24) is 9.55 Å². The minimum Gasteiger partial charge on any atom is -0.324 e. The number of hydrogen-bond donors (Lipinski definition) is 1. The number of nitrogens with one attached hydrogen (secondary N) is 1. The van der Waals surface area contributed by atoms with Crippen LogP contribution in [0.4, 0.5) is 10.1 Å². The number of carbonyl (C=O) groups is 1. The van der Waals surface area contributed by atoms with Crippen LogP contribution in [0.2, 0.25) is 0 Å². The van der Waals surface area contributed by atoms with Crippen molar-refractivity contribution in [1.29, 1.82) is 0 Å². The van der Waals surface area contributed by atoms with Gasteiger partial charge in [0.25, 0.3) is 5.56 Å². The van der Waals surface area contributed by atoms with Crippen molar-refractivity contribution in [3.8, 4) is 0 Å². The molecule has 1 aromatic carbocycles. The van der Waals surface area contributed by atoms with E-state index >= 15 is 0 Å². The summed E-state index contributed by atoms with van der Waals surface area (Å²) < 4.78 is 14.7. The Morgan fingerprint density at radius 1 is 1.35 bits per heavy atom. The molecule has 1 aliphatic carbocycles. The molecular formula is C19H18FN3O2S. The lowest BCUT2D eigenvalue weighted by atomic mass is 9.97. The zero-order valence-electron chi connectivity index (χ0n) is 14.3. The topological polar surface area (TPSA) is 64.0 Å². The number of rotatable bonds is 3. The molecule has 0 fully saturated rings. The summed E-state index contributed by atoms with van der Waals surface area (Å²) in [4.78, 5) is 31.6. The van der Waals surface area contributed by atoms with Crippen LogP contribution >= 0.6 is 11.3 Å². The highest BCUT2D eigenvalue weighted by Gasteiger charge is 2.20. The first-order valence-electron chi connectivity index (χ1n) is 8.58. The number of fused-ring (bicyclic) bond motifs is 3. The molecule has 0 unspecified atom stereocenters. The molecule has 1 aliphatic rings. The van der Waals surface area contributed by atoms with Crippen LogP contribution in [0.15, 0.2) is 29.3 Å². The molecule has 0 saturated heterocycles. The van der Waals surface area contributed by atoms with E-state index in [-0.39, 0.29) is 18.0 Å². The Morgan fingerprint density at radius 2 is 2.15 bits per heavy atom. The molecule has 2 heterocycles. The van der Waals surface area contributed by atoms with Crippen molar-refractivity contribution >= 4 is 33.1 Å². The second kappa shape index (κ2) is 6.64. The van der Waals surface area contributed by atoms with E-state index in [9.17, 15) is 14.0 Å². The number of aromatic nitrogens is 2. The Kier molecular flexibility index (Phi) is 4.32. The normalized spacial score (nSPS) is 13.6. The maximum absolute atomic E-state index is 13.4. The van der Waals surface area contributed by atoms with Gasteiger partial charge in [-0.05, 0) is 55.9 Å². The smallest absolute Gasteiger partial charge is 0.262 e. The summed E-state index contributed by atoms with van der Waals surface area (Å²) in [5, 5.41) is 3.32. The first-order valence-corrected chi connectivity index (χ1v) is 9.40. The Labute approximate surface area is 153 Å². The first kappa shape index (κ1) is 16.9. The zero-order chi connectivity index (χ0) is 18.3. The van der Waals surface area contributed by atoms with Gasteiger partial charge in [0.2, 0.25) is 5.91 Å². The summed E-state index contributed by atoms with van der Waals surface area (Å²) >= 11 is 1.58. The SMILES string of the molecule is Cc1ccc(F)cc1NC(=O)Cn1cnc2sc3c(c2c1=O)CCCC3. The fourth-order valence-electron chi connectivity index (χ4n) is 3.37. The number of aryl methyl sites for hydroxylation is 3. The Hall–Kier alpha value is -2.54. The molecule has 0 radical (unpaired) electrons. The number of amides is 1. The average molecular weight is 371 g/mol. The number of carbonyl (C=O) groups excluding carboxylic acids is 1. The maximum Gasteiger partial charge on any atom is 0.262 e. The van der Waals surface area contributed by atoms with Crippen molar-refractivity contribution < 1.29 is 9.18 Å². The van der Waals surface area contributed by atoms with E-state index in [2.05, 4.69) is 10.3 Å². The molecule has 26 heavy (non-hydrogen) atoms. The fraction of sp³-hybridized carbons (Fsp3) is 0.316. The van der Waals surface area contributed by atoms with Gasteiger partial charge in [-0.2, -0.15) is 0 Å². The number of thiophene rings is 1. The molecule has 5 nitrogen and oxygen atoms in total. The standard InChI is InChI=1S/C19H18FN3O2S/c1-11-6-7-12(20)8-14(11)22-16(24)9-23-10-21-18-17(19(23)25)13-4-2-3-5-15(13)26-18/h6-8,10H,2-5,9H2,1H3,(H,22,24). The highest BCUT2D eigenvalue weighted by Crippen LogP contribution is 2.33. The molecule has 0 spiro atoms. The van der Waals surface area contributed by atoms with Crippen molar-refractivity contribution in [2.24, 2.45) is 0 Å². The third kappa shape index (κ3) is 3.03. The Balaban J connectivity index is 1.63. The van der Waals surface area contributed by atoms with Crippen LogP contribution in [0.25, 0.3) is 10.2 Å². The van der Waals surface area contributed by atoms with E-state index < -0.39 is 5.82 Å². The van der Waals surface area contributed by atoms with Crippen LogP contribution in [0, 0.1) is 12.7 Å². The van der Waals surface area contributed by atoms with Crippen LogP contribution in [0.1, 0.15) is 28.8 Å². The van der Waals surface area contributed by atoms with Gasteiger partial charge in [-0.3, -0.25) is 14.2 Å². The lowest BCUT2D eigenvalue weighted by Gasteiger charge is -2.11. The van der Waals surface area contributed by atoms with Gasteiger partial charge in [0.1, 0.15) is 17.2 Å². The molecule has 7 heteroatoms. The molecule has 134 valence electrons. The second-order valence-electron chi connectivity index (χ2n) is 6.58. The van der Waals surface area contributed by atoms with Gasteiger partial charge in [0.15, 0.2) is 0 Å². The summed E-state index contributed by atoms with van der Waals surface area (Å²) in [6.07, 6.45) is 5.53. The van der Waals surface area contributed by atoms with E-state index in [0.717, 1.165) is 41.6 Å². The number of hydrogen-bond acceptors (Lipinski definition) is 4. The quantitative estimate of drug-likeness (QED) is 0.767. The number of nitrogens with zero attached hydrogens (tertiary/aromatic N) is 2. The van der Waals surface area contributed by atoms with E-state index in [1.165, 1.54) is 27.9 Å². The first-order chi connectivity index (χ1) is 12.5. The van der Waals surface area contributed by atoms with E-state index in [1.54, 1.807) is 24.3 Å². The van der Waals surface area contributed by atoms with Gasteiger partial charge >= 0.3 is 0 Å². The van der Waals surface area contributed by atoms with Crippen LogP contribution < -0.4 is 10.9 Å². The minimum absolute atomic E-state index is 0.150. The van der Waals surface area contributed by atoms with E-state index in [4.69, 9.17) is 0 Å². The molecular weight excluding hydrogens is 353 g/mol. The lowest BCUT2D eigenvalue weighted by molar-refractivity contribution is -0.116. The van der Waals surface area contributed by atoms with Gasteiger partial charge in [0, 0.05) is 10.6 Å². The molecule has 0 bridgehead atoms. The third-order valence-electron chi connectivity index (χ3n) is 4.73. The van der Waals surface area contributed by atoms with Crippen molar-refractivity contribution in [3.05, 3.63) is 56.7 Å². The third-order valence-corrected chi connectivity index (χ3v) is 5.93. The van der Waals surface area contributed by atoms with E-state index in [0.29, 0.717) is 11.1 Å². The molecule has 3 aromatic rings. The monoisotopic (exact) mass is 371 g/mol. The molecule has 2 aromatic heterocycles. The minimum atomic E-state index is -0.420. The summed E-state index contributed by atoms with van der Waals surface area (Å²) in [6.45, 7) is 1.63. The lowest BCUT2D eigenvalue weighted by Crippen LogP contribution is -2.28. The Morgan fingerprint density at radius 3 is 3.00 bits per heavy atom. The second-order valence-corrected chi connectivity index (χ2v) is 7.66. The number of benzene rings is 1. The molecule has 0 atom stereocenters. The Bertz CT molecular complexity index is 1070. The molecule has 1 amide bonds. The van der Waals surface area contributed by atoms with Gasteiger partial charge in [-0.1, -0.05) is 6.07 Å². The molecule has 0 aliphatic heterocycles. The van der Waals surface area contributed by atoms with Crippen molar-refractivity contribution in [2.75, 3.05) is 5.32 Å². The zero-order valence-corrected chi connectivity index (χ0v) is 15.2. The van der Waals surface area contributed by atoms with Crippen LogP contribution in [0.5, 0.6) is 0 Å². The van der Waals surface area contributed by atoms with Crippen LogP contribution in [-0.4, -0.2) is 15.5 Å². The van der Waals surface area contributed by atoms with Crippen LogP contribution in [-0.2, 0) is 24.2 Å². The predicted octanol–water partition coefficient (Wildman–Crippen LogP) is 3.42.